The monoisotopic (exact) mass is 462 g/mol. The third kappa shape index (κ3) is 4.86. The lowest BCUT2D eigenvalue weighted by atomic mass is 10.0. The maximum atomic E-state index is 13.1. The molecule has 8 heteroatoms. The number of hydrogen-bond acceptors (Lipinski definition) is 4. The normalized spacial score (nSPS) is 15.6. The van der Waals surface area contributed by atoms with Crippen LogP contribution in [0.5, 0.6) is 0 Å². The van der Waals surface area contributed by atoms with Crippen molar-refractivity contribution in [3.63, 3.8) is 0 Å². The number of amides is 1. The summed E-state index contributed by atoms with van der Waals surface area (Å²) in [4.78, 5) is 20.2. The molecular weight excluding hydrogens is 424 g/mol. The lowest BCUT2D eigenvalue weighted by molar-refractivity contribution is -0.134. The highest BCUT2D eigenvalue weighted by atomic mass is 32.2. The molecule has 1 amide bonds. The van der Waals surface area contributed by atoms with E-state index >= 15 is 0 Å². The van der Waals surface area contributed by atoms with Crippen molar-refractivity contribution in [3.8, 4) is 0 Å². The summed E-state index contributed by atoms with van der Waals surface area (Å²) in [5.41, 5.74) is 1.57. The highest BCUT2D eigenvalue weighted by Crippen LogP contribution is 2.31. The second-order valence-electron chi connectivity index (χ2n) is 9.03. The van der Waals surface area contributed by atoms with Gasteiger partial charge in [0.05, 0.1) is 15.9 Å². The van der Waals surface area contributed by atoms with E-state index in [1.165, 1.54) is 4.31 Å². The molecule has 0 saturated heterocycles. The fraction of sp³-hybridized carbons (Fsp3) is 0.667. The van der Waals surface area contributed by atoms with Gasteiger partial charge in [0.2, 0.25) is 15.9 Å². The molecule has 1 fully saturated rings. The van der Waals surface area contributed by atoms with E-state index in [9.17, 15) is 13.2 Å². The van der Waals surface area contributed by atoms with Crippen LogP contribution in [0.25, 0.3) is 11.0 Å². The van der Waals surface area contributed by atoms with Crippen LogP contribution in [0.4, 0.5) is 0 Å². The number of sulfonamides is 1. The highest BCUT2D eigenvalue weighted by molar-refractivity contribution is 7.89. The fourth-order valence-electron chi connectivity index (χ4n) is 4.36. The maximum absolute atomic E-state index is 13.1. The van der Waals surface area contributed by atoms with Crippen LogP contribution in [0.15, 0.2) is 23.1 Å². The molecule has 1 atom stereocenters. The molecule has 178 valence electrons. The van der Waals surface area contributed by atoms with Crippen molar-refractivity contribution in [2.75, 3.05) is 13.1 Å². The molecule has 1 aliphatic carbocycles. The third-order valence-electron chi connectivity index (χ3n) is 6.65. The van der Waals surface area contributed by atoms with E-state index in [-0.39, 0.29) is 16.8 Å². The summed E-state index contributed by atoms with van der Waals surface area (Å²) in [5, 5.41) is 0. The number of rotatable bonds is 11. The Hall–Kier alpha value is -1.93. The molecule has 32 heavy (non-hydrogen) atoms. The number of carbonyl (C=O) groups excluding carboxylic acids is 1. The number of fused-ring (bicyclic) bond motifs is 1. The van der Waals surface area contributed by atoms with Gasteiger partial charge < -0.3 is 9.47 Å². The molecule has 1 unspecified atom stereocenters. The molecule has 1 heterocycles. The minimum Gasteiger partial charge on any atom is -0.337 e. The Morgan fingerprint density at radius 1 is 1.16 bits per heavy atom. The average Bonchev–Trinajstić information content (AvgIpc) is 3.52. The minimum atomic E-state index is -3.54. The Morgan fingerprint density at radius 2 is 1.81 bits per heavy atom. The highest BCUT2D eigenvalue weighted by Gasteiger charge is 2.36. The Morgan fingerprint density at radius 3 is 2.34 bits per heavy atom. The molecular formula is C24H38N4O3S. The van der Waals surface area contributed by atoms with Gasteiger partial charge in [0.15, 0.2) is 0 Å². The molecule has 1 saturated carbocycles. The van der Waals surface area contributed by atoms with Crippen molar-refractivity contribution >= 4 is 27.0 Å². The molecule has 1 aromatic heterocycles. The van der Waals surface area contributed by atoms with Crippen LogP contribution in [0.2, 0.25) is 0 Å². The lowest BCUT2D eigenvalue weighted by Gasteiger charge is -2.32. The molecule has 0 bridgehead atoms. The smallest absolute Gasteiger partial charge is 0.243 e. The van der Waals surface area contributed by atoms with Crippen molar-refractivity contribution in [2.45, 2.75) is 90.7 Å². The Labute approximate surface area is 192 Å². The number of benzene rings is 1. The Balaban J connectivity index is 1.85. The quantitative estimate of drug-likeness (QED) is 0.505. The third-order valence-corrected chi connectivity index (χ3v) is 8.70. The Bertz CT molecular complexity index is 1050. The summed E-state index contributed by atoms with van der Waals surface area (Å²) in [6, 6.07) is 5.78. The van der Waals surface area contributed by atoms with E-state index in [0.29, 0.717) is 43.4 Å². The van der Waals surface area contributed by atoms with Gasteiger partial charge in [-0.3, -0.25) is 4.79 Å². The van der Waals surface area contributed by atoms with Gasteiger partial charge >= 0.3 is 0 Å². The summed E-state index contributed by atoms with van der Waals surface area (Å²) in [6.07, 6.45) is 3.16. The molecule has 7 nitrogen and oxygen atoms in total. The fourth-order valence-corrected chi connectivity index (χ4v) is 5.84. The number of nitrogens with zero attached hydrogens (tertiary/aromatic N) is 4. The van der Waals surface area contributed by atoms with Gasteiger partial charge in [-0.15, -0.1) is 0 Å². The summed E-state index contributed by atoms with van der Waals surface area (Å²) in [6.45, 7) is 13.8. The Kier molecular flexibility index (Phi) is 7.65. The van der Waals surface area contributed by atoms with Crippen molar-refractivity contribution in [2.24, 2.45) is 5.92 Å². The zero-order valence-corrected chi connectivity index (χ0v) is 21.2. The molecule has 1 aliphatic rings. The van der Waals surface area contributed by atoms with Crippen molar-refractivity contribution in [3.05, 3.63) is 24.0 Å². The number of imidazole rings is 1. The average molecular weight is 463 g/mol. The van der Waals surface area contributed by atoms with E-state index in [1.54, 1.807) is 12.1 Å². The lowest BCUT2D eigenvalue weighted by Crippen LogP contribution is -2.43. The number of aromatic nitrogens is 2. The van der Waals surface area contributed by atoms with Crippen LogP contribution < -0.4 is 0 Å². The first kappa shape index (κ1) is 24.7. The van der Waals surface area contributed by atoms with Gasteiger partial charge in [-0.2, -0.15) is 4.31 Å². The summed E-state index contributed by atoms with van der Waals surface area (Å²) >= 11 is 0. The summed E-state index contributed by atoms with van der Waals surface area (Å²) < 4.78 is 29.4. The first-order valence-electron chi connectivity index (χ1n) is 12.0. The zero-order chi connectivity index (χ0) is 23.6. The largest absolute Gasteiger partial charge is 0.337 e. The van der Waals surface area contributed by atoms with Crippen molar-refractivity contribution in [1.29, 1.82) is 0 Å². The van der Waals surface area contributed by atoms with Crippen LogP contribution in [0.1, 0.15) is 66.6 Å². The van der Waals surface area contributed by atoms with Gasteiger partial charge in [-0.05, 0) is 50.8 Å². The topological polar surface area (TPSA) is 75.5 Å². The predicted molar refractivity (Wildman–Crippen MR) is 128 cm³/mol. The van der Waals surface area contributed by atoms with Gasteiger partial charge in [0, 0.05) is 44.6 Å². The van der Waals surface area contributed by atoms with Crippen LogP contribution in [-0.4, -0.2) is 58.3 Å². The van der Waals surface area contributed by atoms with Crippen LogP contribution >= 0.6 is 0 Å². The van der Waals surface area contributed by atoms with E-state index in [0.717, 1.165) is 30.7 Å². The molecule has 0 radical (unpaired) electrons. The maximum Gasteiger partial charge on any atom is 0.243 e. The van der Waals surface area contributed by atoms with Crippen molar-refractivity contribution < 1.29 is 13.2 Å². The molecule has 1 aromatic carbocycles. The second-order valence-corrected chi connectivity index (χ2v) is 11.0. The standard InChI is InChI=1S/C24H38N4O3S/c1-7-26(8-2)32(30,31)20-12-13-22-21(16-20)25-23(27(22)9-3)14-15-24(29)28(19-10-11-19)18(6)17(4)5/h12-13,16-19H,7-11,14-15H2,1-6H3. The molecule has 0 aliphatic heterocycles. The summed E-state index contributed by atoms with van der Waals surface area (Å²) in [7, 11) is -3.54. The summed E-state index contributed by atoms with van der Waals surface area (Å²) in [5.74, 6) is 1.44. The first-order chi connectivity index (χ1) is 15.1. The van der Waals surface area contributed by atoms with Gasteiger partial charge in [0.25, 0.3) is 0 Å². The van der Waals surface area contributed by atoms with E-state index in [1.807, 2.05) is 26.8 Å². The molecule has 0 N–H and O–H groups in total. The van der Waals surface area contributed by atoms with E-state index in [4.69, 9.17) is 4.98 Å². The molecule has 0 spiro atoms. The van der Waals surface area contributed by atoms with Gasteiger partial charge in [0.1, 0.15) is 5.82 Å². The van der Waals surface area contributed by atoms with Gasteiger partial charge in [-0.1, -0.05) is 27.7 Å². The van der Waals surface area contributed by atoms with Crippen LogP contribution in [-0.2, 0) is 27.8 Å². The molecule has 3 rings (SSSR count). The minimum absolute atomic E-state index is 0.188. The van der Waals surface area contributed by atoms with Crippen LogP contribution in [0.3, 0.4) is 0 Å². The number of carbonyl (C=O) groups is 1. The second kappa shape index (κ2) is 9.91. The zero-order valence-electron chi connectivity index (χ0n) is 20.3. The number of aryl methyl sites for hydroxylation is 2. The van der Waals surface area contributed by atoms with E-state index in [2.05, 4.69) is 30.2 Å². The molecule has 2 aromatic rings. The number of hydrogen-bond donors (Lipinski definition) is 0. The first-order valence-corrected chi connectivity index (χ1v) is 13.4. The van der Waals surface area contributed by atoms with E-state index < -0.39 is 10.0 Å². The predicted octanol–water partition coefficient (Wildman–Crippen LogP) is 4.05. The van der Waals surface area contributed by atoms with Gasteiger partial charge in [-0.25, -0.2) is 13.4 Å². The van der Waals surface area contributed by atoms with Crippen molar-refractivity contribution in [1.82, 2.24) is 18.8 Å². The SMILES string of the molecule is CCN(CC)S(=O)(=O)c1ccc2c(c1)nc(CCC(=O)N(C1CC1)C(C)C(C)C)n2CC. The van der Waals surface area contributed by atoms with Crippen LogP contribution in [0, 0.1) is 5.92 Å².